The Labute approximate surface area is 162 Å². The fourth-order valence-corrected chi connectivity index (χ4v) is 5.27. The highest BCUT2D eigenvalue weighted by Crippen LogP contribution is 2.35. The monoisotopic (exact) mass is 414 g/mol. The summed E-state index contributed by atoms with van der Waals surface area (Å²) >= 11 is 0. The summed E-state index contributed by atoms with van der Waals surface area (Å²) in [4.78, 5) is -0.318. The number of alkyl halides is 3. The Bertz CT molecular complexity index is 897. The van der Waals surface area contributed by atoms with Crippen LogP contribution in [0.15, 0.2) is 59.5 Å². The second-order valence-electron chi connectivity index (χ2n) is 6.69. The zero-order valence-corrected chi connectivity index (χ0v) is 16.0. The van der Waals surface area contributed by atoms with Crippen molar-refractivity contribution >= 4 is 9.84 Å². The highest BCUT2D eigenvalue weighted by atomic mass is 32.2. The largest absolute Gasteiger partial charge is 0.416 e. The van der Waals surface area contributed by atoms with Crippen LogP contribution in [0, 0.1) is 0 Å². The number of sulfone groups is 1. The van der Waals surface area contributed by atoms with E-state index in [-0.39, 0.29) is 24.3 Å². The van der Waals surface area contributed by atoms with Gasteiger partial charge in [0, 0.05) is 13.7 Å². The molecule has 0 spiro atoms. The minimum Gasteiger partial charge on any atom is -0.375 e. The van der Waals surface area contributed by atoms with Crippen LogP contribution >= 0.6 is 0 Å². The Balaban J connectivity index is 1.85. The molecule has 1 aliphatic heterocycles. The van der Waals surface area contributed by atoms with E-state index in [2.05, 4.69) is 0 Å². The van der Waals surface area contributed by atoms with E-state index in [0.717, 1.165) is 17.7 Å². The van der Waals surface area contributed by atoms with E-state index in [9.17, 15) is 21.6 Å². The molecule has 1 aliphatic rings. The maximum atomic E-state index is 13.0. The maximum Gasteiger partial charge on any atom is 0.416 e. The molecule has 0 radical (unpaired) electrons. The summed E-state index contributed by atoms with van der Waals surface area (Å²) in [5.41, 5.74) is -0.122. The van der Waals surface area contributed by atoms with Gasteiger partial charge in [-0.1, -0.05) is 36.4 Å². The van der Waals surface area contributed by atoms with Crippen molar-refractivity contribution in [3.63, 3.8) is 0 Å². The first-order chi connectivity index (χ1) is 13.2. The Morgan fingerprint density at radius 3 is 2.46 bits per heavy atom. The summed E-state index contributed by atoms with van der Waals surface area (Å²) < 4.78 is 76.2. The van der Waals surface area contributed by atoms with E-state index in [1.165, 1.54) is 13.2 Å². The summed E-state index contributed by atoms with van der Waals surface area (Å²) in [6.45, 7) is 0.195. The molecule has 0 aliphatic carbocycles. The molecule has 3 atom stereocenters. The zero-order valence-electron chi connectivity index (χ0n) is 15.2. The molecule has 0 bridgehead atoms. The van der Waals surface area contributed by atoms with Gasteiger partial charge in [0.1, 0.15) is 6.10 Å². The molecule has 1 heterocycles. The molecule has 0 amide bonds. The van der Waals surface area contributed by atoms with Crippen molar-refractivity contribution in [2.24, 2.45) is 0 Å². The van der Waals surface area contributed by atoms with Gasteiger partial charge < -0.3 is 9.47 Å². The number of hydrogen-bond donors (Lipinski definition) is 0. The lowest BCUT2D eigenvalue weighted by molar-refractivity contribution is -0.137. The molecule has 2 aromatic rings. The first-order valence-electron chi connectivity index (χ1n) is 8.84. The lowest BCUT2D eigenvalue weighted by Gasteiger charge is -2.34. The van der Waals surface area contributed by atoms with Crippen molar-refractivity contribution in [2.45, 2.75) is 41.4 Å². The average molecular weight is 414 g/mol. The Morgan fingerprint density at radius 2 is 1.82 bits per heavy atom. The first-order valence-corrected chi connectivity index (χ1v) is 10.4. The van der Waals surface area contributed by atoms with Crippen LogP contribution in [-0.2, 0) is 25.5 Å². The van der Waals surface area contributed by atoms with Crippen molar-refractivity contribution in [3.8, 4) is 0 Å². The SMILES string of the molecule is COC(c1ccccc1)C1CC(S(=O)(=O)c2cccc(C(F)(F)F)c2)CCO1. The van der Waals surface area contributed by atoms with Crippen molar-refractivity contribution in [1.82, 2.24) is 0 Å². The van der Waals surface area contributed by atoms with E-state index in [0.29, 0.717) is 6.07 Å². The van der Waals surface area contributed by atoms with Crippen molar-refractivity contribution < 1.29 is 31.1 Å². The van der Waals surface area contributed by atoms with Crippen LogP contribution < -0.4 is 0 Å². The molecule has 1 saturated heterocycles. The Hall–Kier alpha value is -1.90. The van der Waals surface area contributed by atoms with Crippen LogP contribution in [0.2, 0.25) is 0 Å². The topological polar surface area (TPSA) is 52.6 Å². The van der Waals surface area contributed by atoms with Gasteiger partial charge in [-0.25, -0.2) is 8.42 Å². The quantitative estimate of drug-likeness (QED) is 0.727. The van der Waals surface area contributed by atoms with Crippen LogP contribution in [0.4, 0.5) is 13.2 Å². The van der Waals surface area contributed by atoms with E-state index in [1.54, 1.807) is 0 Å². The molecule has 1 fully saturated rings. The average Bonchev–Trinajstić information content (AvgIpc) is 2.69. The third-order valence-electron chi connectivity index (χ3n) is 4.92. The Kier molecular flexibility index (Phi) is 6.12. The molecular formula is C20H21F3O4S. The maximum absolute atomic E-state index is 13.0. The van der Waals surface area contributed by atoms with E-state index in [1.807, 2.05) is 30.3 Å². The molecular weight excluding hydrogens is 393 g/mol. The number of methoxy groups -OCH3 is 1. The van der Waals surface area contributed by atoms with Gasteiger partial charge in [-0.05, 0) is 36.6 Å². The summed E-state index contributed by atoms with van der Waals surface area (Å²) in [5.74, 6) is 0. The molecule has 28 heavy (non-hydrogen) atoms. The van der Waals surface area contributed by atoms with Crippen LogP contribution in [0.5, 0.6) is 0 Å². The van der Waals surface area contributed by atoms with Gasteiger partial charge in [-0.2, -0.15) is 13.2 Å². The van der Waals surface area contributed by atoms with E-state index in [4.69, 9.17) is 9.47 Å². The molecule has 0 saturated carbocycles. The van der Waals surface area contributed by atoms with Crippen LogP contribution in [0.25, 0.3) is 0 Å². The second-order valence-corrected chi connectivity index (χ2v) is 8.92. The zero-order chi connectivity index (χ0) is 20.4. The number of benzene rings is 2. The van der Waals surface area contributed by atoms with E-state index >= 15 is 0 Å². The fraction of sp³-hybridized carbons (Fsp3) is 0.400. The van der Waals surface area contributed by atoms with Crippen molar-refractivity contribution in [2.75, 3.05) is 13.7 Å². The molecule has 152 valence electrons. The molecule has 4 nitrogen and oxygen atoms in total. The summed E-state index contributed by atoms with van der Waals surface area (Å²) in [5, 5.41) is -0.837. The summed E-state index contributed by atoms with van der Waals surface area (Å²) in [7, 11) is -2.42. The van der Waals surface area contributed by atoms with Gasteiger partial charge in [-0.15, -0.1) is 0 Å². The highest BCUT2D eigenvalue weighted by Gasteiger charge is 2.38. The van der Waals surface area contributed by atoms with Gasteiger partial charge in [0.15, 0.2) is 9.84 Å². The number of rotatable bonds is 5. The molecule has 0 aromatic heterocycles. The van der Waals surface area contributed by atoms with Crippen molar-refractivity contribution in [3.05, 3.63) is 65.7 Å². The van der Waals surface area contributed by atoms with Crippen molar-refractivity contribution in [1.29, 1.82) is 0 Å². The predicted molar refractivity (Wildman–Crippen MR) is 97.6 cm³/mol. The number of hydrogen-bond acceptors (Lipinski definition) is 4. The fourth-order valence-electron chi connectivity index (χ4n) is 3.48. The van der Waals surface area contributed by atoms with Gasteiger partial charge in [0.25, 0.3) is 0 Å². The molecule has 8 heteroatoms. The van der Waals surface area contributed by atoms with E-state index < -0.39 is 39.0 Å². The minimum absolute atomic E-state index is 0.145. The predicted octanol–water partition coefficient (Wildman–Crippen LogP) is 4.41. The summed E-state index contributed by atoms with van der Waals surface area (Å²) in [6.07, 6.45) is -5.20. The number of ether oxygens (including phenoxy) is 2. The number of halogens is 3. The third-order valence-corrected chi connectivity index (χ3v) is 7.13. The normalized spacial score (nSPS) is 22.0. The summed E-state index contributed by atoms with van der Waals surface area (Å²) in [6, 6.07) is 13.2. The Morgan fingerprint density at radius 1 is 1.11 bits per heavy atom. The second kappa shape index (κ2) is 8.23. The van der Waals surface area contributed by atoms with Crippen LogP contribution in [-0.4, -0.2) is 33.5 Å². The van der Waals surface area contributed by atoms with Gasteiger partial charge >= 0.3 is 6.18 Å². The van der Waals surface area contributed by atoms with Crippen LogP contribution in [0.1, 0.15) is 30.1 Å². The van der Waals surface area contributed by atoms with Gasteiger partial charge in [0.2, 0.25) is 0 Å². The molecule has 3 rings (SSSR count). The molecule has 0 N–H and O–H groups in total. The third kappa shape index (κ3) is 4.39. The highest BCUT2D eigenvalue weighted by molar-refractivity contribution is 7.92. The minimum atomic E-state index is -4.60. The molecule has 2 aromatic carbocycles. The standard InChI is InChI=1S/C20H21F3O4S/c1-26-19(14-6-3-2-4-7-14)18-13-17(10-11-27-18)28(24,25)16-9-5-8-15(12-16)20(21,22)23/h2-9,12,17-19H,10-11,13H2,1H3. The van der Waals surface area contributed by atoms with Gasteiger partial charge in [0.05, 0.1) is 21.8 Å². The lowest BCUT2D eigenvalue weighted by Crippen LogP contribution is -2.38. The van der Waals surface area contributed by atoms with Crippen LogP contribution in [0.3, 0.4) is 0 Å². The molecule has 3 unspecified atom stereocenters. The smallest absolute Gasteiger partial charge is 0.375 e. The first kappa shape index (κ1) is 20.8. The lowest BCUT2D eigenvalue weighted by atomic mass is 9.98. The van der Waals surface area contributed by atoms with Gasteiger partial charge in [-0.3, -0.25) is 0 Å².